The number of nitrogens with zero attached hydrogens (tertiary/aromatic N) is 4. The molecule has 394 valence electrons. The van der Waals surface area contributed by atoms with Gasteiger partial charge in [-0.2, -0.15) is 6.07 Å². The summed E-state index contributed by atoms with van der Waals surface area (Å²) in [6.07, 6.45) is 1.94. The van der Waals surface area contributed by atoms with E-state index in [1.54, 1.807) is 0 Å². The molecule has 3 heterocycles. The first-order valence-electron chi connectivity index (χ1n) is 26.8. The van der Waals surface area contributed by atoms with Crippen LogP contribution in [0.15, 0.2) is 158 Å². The molecular weight excluding hydrogens is 1110 g/mol. The van der Waals surface area contributed by atoms with Gasteiger partial charge in [0.2, 0.25) is 0 Å². The Morgan fingerprint density at radius 2 is 0.974 bits per heavy atom. The molecule has 0 atom stereocenters. The molecule has 0 aliphatic carbocycles. The molecule has 0 saturated heterocycles. The van der Waals surface area contributed by atoms with Crippen molar-refractivity contribution in [3.8, 4) is 17.3 Å². The number of ether oxygens (including phenoxy) is 1. The van der Waals surface area contributed by atoms with Gasteiger partial charge in [-0.05, 0) is 108 Å². The molecule has 0 saturated carbocycles. The van der Waals surface area contributed by atoms with E-state index in [4.69, 9.17) is 9.72 Å². The number of anilines is 4. The van der Waals surface area contributed by atoms with Crippen LogP contribution < -0.4 is 14.5 Å². The zero-order chi connectivity index (χ0) is 53.6. The molecule has 1 aliphatic heterocycles. The van der Waals surface area contributed by atoms with Crippen molar-refractivity contribution < 1.29 is 25.8 Å². The summed E-state index contributed by atoms with van der Waals surface area (Å²) < 4.78 is 9.30. The SMILES string of the molecule is CC(C)(C)c1cc(Oc2[c-]c3c(cc2)c2cc(C(C)(C)C)ccc2n3-c2cc(C(C)(C)c3ccccc3)ccn2)[c-]c(N2[CH-]N(c3cc(C(C)(C)C)cc(C(C)(C)C)c3)c3cc(C(C)(C)c4ccccc4)ccc32)c1.[Pt]. The maximum atomic E-state index is 7.04. The molecule has 7 aromatic carbocycles. The van der Waals surface area contributed by atoms with Crippen molar-refractivity contribution in [3.63, 3.8) is 0 Å². The Hall–Kier alpha value is -6.42. The van der Waals surface area contributed by atoms with Crippen LogP contribution in [0.3, 0.4) is 0 Å². The van der Waals surface area contributed by atoms with Crippen LogP contribution in [0, 0.1) is 18.8 Å². The Morgan fingerprint density at radius 1 is 0.421 bits per heavy atom. The van der Waals surface area contributed by atoms with E-state index < -0.39 is 0 Å². The van der Waals surface area contributed by atoms with Crippen LogP contribution >= 0.6 is 0 Å². The summed E-state index contributed by atoms with van der Waals surface area (Å²) in [5, 5.41) is 2.25. The minimum atomic E-state index is -0.252. The van der Waals surface area contributed by atoms with Gasteiger partial charge >= 0.3 is 0 Å². The van der Waals surface area contributed by atoms with E-state index in [0.29, 0.717) is 11.5 Å². The predicted molar refractivity (Wildman–Crippen MR) is 316 cm³/mol. The molecule has 6 heteroatoms. The molecule has 1 aliphatic rings. The van der Waals surface area contributed by atoms with Crippen molar-refractivity contribution in [1.29, 1.82) is 0 Å². The third kappa shape index (κ3) is 10.3. The standard InChI is InChI=1S/C70H75N4O.Pt/c1-65(2,3)48-27-31-60-59(40-48)58-30-29-56(44-62(58)74(60)64-42-50(33-34-71-64)70(15,16)47-25-21-18-22-26-47)75-57-39-53(68(10,11)12)38-55(43-57)72-45-73(54-36-51(66(4,5)6)35-52(37-54)67(7,8)9)63-41-49(28-32-61(63)72)69(13,14)46-23-19-17-20-24-46;/h17-42,45H,1-16H3;/q-3;. The number of hydrogen-bond donors (Lipinski definition) is 0. The van der Waals surface area contributed by atoms with Crippen molar-refractivity contribution in [2.24, 2.45) is 0 Å². The Kier molecular flexibility index (Phi) is 14.0. The van der Waals surface area contributed by atoms with Crippen molar-refractivity contribution in [1.82, 2.24) is 9.55 Å². The zero-order valence-corrected chi connectivity index (χ0v) is 49.9. The van der Waals surface area contributed by atoms with Gasteiger partial charge in [0, 0.05) is 72.2 Å². The van der Waals surface area contributed by atoms with Crippen LogP contribution in [0.4, 0.5) is 22.7 Å². The Balaban J connectivity index is 0.00000706. The van der Waals surface area contributed by atoms with E-state index in [9.17, 15) is 0 Å². The molecular formula is C70H75N4OPt-3. The first kappa shape index (κ1) is 54.4. The third-order valence-electron chi connectivity index (χ3n) is 15.8. The Morgan fingerprint density at radius 3 is 1.55 bits per heavy atom. The zero-order valence-electron chi connectivity index (χ0n) is 47.6. The quantitative estimate of drug-likeness (QED) is 0.135. The topological polar surface area (TPSA) is 33.5 Å². The molecule has 0 fully saturated rings. The fraction of sp³-hybridized carbons (Fsp3) is 0.314. The first-order valence-corrected chi connectivity index (χ1v) is 26.8. The number of hydrogen-bond acceptors (Lipinski definition) is 4. The summed E-state index contributed by atoms with van der Waals surface area (Å²) in [6.45, 7) is 38.9. The molecule has 10 rings (SSSR count). The minimum Gasteiger partial charge on any atom is -0.509 e. The van der Waals surface area contributed by atoms with Crippen molar-refractivity contribution in [2.75, 3.05) is 9.80 Å². The summed E-state index contributed by atoms with van der Waals surface area (Å²) in [4.78, 5) is 9.75. The molecule has 76 heavy (non-hydrogen) atoms. The Bertz CT molecular complexity index is 3560. The number of aromatic nitrogens is 2. The number of rotatable bonds is 9. The monoisotopic (exact) mass is 1180 g/mol. The van der Waals surface area contributed by atoms with Gasteiger partial charge in [0.25, 0.3) is 0 Å². The van der Waals surface area contributed by atoms with Gasteiger partial charge < -0.3 is 19.1 Å². The van der Waals surface area contributed by atoms with Gasteiger partial charge in [-0.1, -0.05) is 201 Å². The molecule has 0 N–H and O–H groups in total. The van der Waals surface area contributed by atoms with Crippen LogP contribution in [-0.2, 0) is 53.6 Å². The van der Waals surface area contributed by atoms with E-state index in [1.807, 2.05) is 6.20 Å². The van der Waals surface area contributed by atoms with Gasteiger partial charge in [0.1, 0.15) is 5.82 Å². The van der Waals surface area contributed by atoms with Gasteiger partial charge in [0.15, 0.2) is 0 Å². The molecule has 0 bridgehead atoms. The van der Waals surface area contributed by atoms with Crippen LogP contribution in [-0.4, -0.2) is 9.55 Å². The number of pyridine rings is 1. The molecule has 0 radical (unpaired) electrons. The third-order valence-corrected chi connectivity index (χ3v) is 15.8. The molecule has 0 unspecified atom stereocenters. The smallest absolute Gasteiger partial charge is 0.135 e. The summed E-state index contributed by atoms with van der Waals surface area (Å²) in [7, 11) is 0. The van der Waals surface area contributed by atoms with Crippen molar-refractivity contribution >= 4 is 44.6 Å². The summed E-state index contributed by atoms with van der Waals surface area (Å²) in [6, 6.07) is 63.2. The fourth-order valence-corrected chi connectivity index (χ4v) is 10.5. The van der Waals surface area contributed by atoms with Crippen LogP contribution in [0.5, 0.6) is 11.5 Å². The van der Waals surface area contributed by atoms with Crippen LogP contribution in [0.1, 0.15) is 155 Å². The Labute approximate surface area is 468 Å². The van der Waals surface area contributed by atoms with Gasteiger partial charge in [-0.3, -0.25) is 0 Å². The van der Waals surface area contributed by atoms with Crippen molar-refractivity contribution in [2.45, 2.75) is 143 Å². The van der Waals surface area contributed by atoms with E-state index in [-0.39, 0.29) is 53.6 Å². The second kappa shape index (κ2) is 19.5. The second-order valence-electron chi connectivity index (χ2n) is 26.1. The average molecular weight is 1180 g/mol. The molecule has 0 spiro atoms. The second-order valence-corrected chi connectivity index (χ2v) is 26.1. The van der Waals surface area contributed by atoms with E-state index >= 15 is 0 Å². The normalized spacial score (nSPS) is 13.6. The summed E-state index contributed by atoms with van der Waals surface area (Å²) in [5.74, 6) is 2.06. The minimum absolute atomic E-state index is 0. The fourth-order valence-electron chi connectivity index (χ4n) is 10.5. The maximum absolute atomic E-state index is 7.04. The average Bonchev–Trinajstić information content (AvgIpc) is 3.91. The largest absolute Gasteiger partial charge is 0.509 e. The first-order chi connectivity index (χ1) is 35.2. The van der Waals surface area contributed by atoms with E-state index in [2.05, 4.69) is 296 Å². The summed E-state index contributed by atoms with van der Waals surface area (Å²) in [5.41, 5.74) is 15.3. The van der Waals surface area contributed by atoms with Gasteiger partial charge in [-0.25, -0.2) is 4.98 Å². The molecule has 9 aromatic rings. The summed E-state index contributed by atoms with van der Waals surface area (Å²) >= 11 is 0. The van der Waals surface area contributed by atoms with Crippen LogP contribution in [0.25, 0.3) is 27.6 Å². The molecule has 5 nitrogen and oxygen atoms in total. The van der Waals surface area contributed by atoms with Gasteiger partial charge in [-0.15, -0.1) is 53.6 Å². The van der Waals surface area contributed by atoms with Crippen LogP contribution in [0.2, 0.25) is 0 Å². The molecule has 2 aromatic heterocycles. The van der Waals surface area contributed by atoms with E-state index in [1.165, 1.54) is 38.9 Å². The number of fused-ring (bicyclic) bond motifs is 4. The van der Waals surface area contributed by atoms with E-state index in [0.717, 1.165) is 55.9 Å². The van der Waals surface area contributed by atoms with Gasteiger partial charge in [0.05, 0.1) is 0 Å². The maximum Gasteiger partial charge on any atom is 0.135 e. The predicted octanol–water partition coefficient (Wildman–Crippen LogP) is 18.8. The molecule has 0 amide bonds. The number of benzene rings is 7. The van der Waals surface area contributed by atoms with Crippen molar-refractivity contribution in [3.05, 3.63) is 221 Å².